The van der Waals surface area contributed by atoms with Gasteiger partial charge in [0.2, 0.25) is 5.91 Å². The first-order valence-corrected chi connectivity index (χ1v) is 9.70. The maximum atomic E-state index is 12.2. The lowest BCUT2D eigenvalue weighted by atomic mass is 10.2. The summed E-state index contributed by atoms with van der Waals surface area (Å²) in [6, 6.07) is 7.40. The van der Waals surface area contributed by atoms with Gasteiger partial charge in [0.25, 0.3) is 0 Å². The fourth-order valence-electron chi connectivity index (χ4n) is 2.74. The third kappa shape index (κ3) is 5.65. The molecule has 0 spiro atoms. The number of ether oxygens (including phenoxy) is 1. The Bertz CT molecular complexity index is 670. The van der Waals surface area contributed by atoms with Gasteiger partial charge < -0.3 is 10.1 Å². The molecule has 1 aliphatic heterocycles. The quantitative estimate of drug-likeness (QED) is 0.706. The van der Waals surface area contributed by atoms with Gasteiger partial charge in [-0.1, -0.05) is 18.2 Å². The number of methoxy groups -OCH3 is 1. The highest BCUT2D eigenvalue weighted by molar-refractivity contribution is 7.91. The second-order valence-corrected chi connectivity index (χ2v) is 8.20. The van der Waals surface area contributed by atoms with Crippen LogP contribution < -0.4 is 10.1 Å². The van der Waals surface area contributed by atoms with Crippen LogP contribution in [0.4, 0.5) is 0 Å². The highest BCUT2D eigenvalue weighted by Crippen LogP contribution is 2.14. The number of carbonyl (C=O) groups is 1. The number of nitrogens with zero attached hydrogens (tertiary/aromatic N) is 1. The Morgan fingerprint density at radius 1 is 1.42 bits per heavy atom. The molecule has 1 amide bonds. The van der Waals surface area contributed by atoms with E-state index in [9.17, 15) is 13.2 Å². The molecule has 7 heteroatoms. The van der Waals surface area contributed by atoms with Crippen molar-refractivity contribution in [3.63, 3.8) is 0 Å². The Morgan fingerprint density at radius 2 is 2.12 bits per heavy atom. The summed E-state index contributed by atoms with van der Waals surface area (Å²) in [4.78, 5) is 14.1. The number of hydrogen-bond acceptors (Lipinski definition) is 5. The first-order valence-electron chi connectivity index (χ1n) is 7.88. The Labute approximate surface area is 143 Å². The summed E-state index contributed by atoms with van der Waals surface area (Å²) < 4.78 is 28.0. The van der Waals surface area contributed by atoms with Gasteiger partial charge in [0, 0.05) is 19.1 Å². The molecule has 0 aliphatic carbocycles. The van der Waals surface area contributed by atoms with E-state index in [1.807, 2.05) is 29.2 Å². The van der Waals surface area contributed by atoms with E-state index in [4.69, 9.17) is 4.74 Å². The number of benzene rings is 1. The number of nitrogens with one attached hydrogen (secondary N) is 1. The Hall–Kier alpha value is -1.86. The predicted molar refractivity (Wildman–Crippen MR) is 93.7 cm³/mol. The van der Waals surface area contributed by atoms with Crippen molar-refractivity contribution in [3.8, 4) is 5.75 Å². The lowest BCUT2D eigenvalue weighted by molar-refractivity contribution is -0.122. The molecule has 1 aliphatic rings. The van der Waals surface area contributed by atoms with Crippen molar-refractivity contribution in [1.29, 1.82) is 0 Å². The van der Waals surface area contributed by atoms with Gasteiger partial charge in [0.15, 0.2) is 9.84 Å². The minimum atomic E-state index is -2.99. The van der Waals surface area contributed by atoms with E-state index in [2.05, 4.69) is 11.9 Å². The van der Waals surface area contributed by atoms with Gasteiger partial charge in [-0.2, -0.15) is 0 Å². The molecule has 0 aromatic heterocycles. The molecule has 0 saturated carbocycles. The first-order chi connectivity index (χ1) is 11.4. The first kappa shape index (κ1) is 18.5. The second kappa shape index (κ2) is 8.30. The molecule has 6 nitrogen and oxygen atoms in total. The number of amides is 1. The van der Waals surface area contributed by atoms with Crippen LogP contribution in [0.3, 0.4) is 0 Å². The van der Waals surface area contributed by atoms with Crippen molar-refractivity contribution in [1.82, 2.24) is 10.2 Å². The van der Waals surface area contributed by atoms with Crippen molar-refractivity contribution in [2.45, 2.75) is 19.0 Å². The SMILES string of the molecule is C=CCN(CC(=O)NC1CCS(=O)(=O)C1)Cc1ccc(OC)cc1. The van der Waals surface area contributed by atoms with E-state index in [1.54, 1.807) is 13.2 Å². The molecule has 132 valence electrons. The van der Waals surface area contributed by atoms with Crippen LogP contribution in [0, 0.1) is 0 Å². The van der Waals surface area contributed by atoms with Crippen LogP contribution in [0.5, 0.6) is 5.75 Å². The molecule has 2 rings (SSSR count). The van der Waals surface area contributed by atoms with E-state index in [0.717, 1.165) is 11.3 Å². The molecule has 0 radical (unpaired) electrons. The van der Waals surface area contributed by atoms with Crippen molar-refractivity contribution >= 4 is 15.7 Å². The molecule has 1 fully saturated rings. The molecule has 1 saturated heterocycles. The highest BCUT2D eigenvalue weighted by atomic mass is 32.2. The van der Waals surface area contributed by atoms with Crippen molar-refractivity contribution in [2.75, 3.05) is 31.7 Å². The van der Waals surface area contributed by atoms with Gasteiger partial charge in [0.05, 0.1) is 25.2 Å². The molecule has 1 aromatic rings. The van der Waals surface area contributed by atoms with Crippen LogP contribution in [-0.2, 0) is 21.2 Å². The van der Waals surface area contributed by atoms with Gasteiger partial charge in [-0.3, -0.25) is 9.69 Å². The third-order valence-electron chi connectivity index (χ3n) is 3.92. The zero-order valence-electron chi connectivity index (χ0n) is 13.9. The minimum absolute atomic E-state index is 0.0404. The normalized spacial score (nSPS) is 19.2. The number of hydrogen-bond donors (Lipinski definition) is 1. The number of rotatable bonds is 8. The van der Waals surface area contributed by atoms with E-state index in [1.165, 1.54) is 0 Å². The molecule has 1 atom stereocenters. The minimum Gasteiger partial charge on any atom is -0.497 e. The van der Waals surface area contributed by atoms with E-state index in [-0.39, 0.29) is 30.0 Å². The molecular weight excluding hydrogens is 328 g/mol. The summed E-state index contributed by atoms with van der Waals surface area (Å²) in [5, 5.41) is 2.81. The Balaban J connectivity index is 1.89. The summed E-state index contributed by atoms with van der Waals surface area (Å²) in [6.07, 6.45) is 2.24. The summed E-state index contributed by atoms with van der Waals surface area (Å²) in [7, 11) is -1.37. The van der Waals surface area contributed by atoms with E-state index in [0.29, 0.717) is 19.5 Å². The zero-order valence-corrected chi connectivity index (χ0v) is 14.7. The summed E-state index contributed by atoms with van der Waals surface area (Å²) in [5.41, 5.74) is 1.06. The smallest absolute Gasteiger partial charge is 0.234 e. The van der Waals surface area contributed by atoms with Crippen LogP contribution in [0.25, 0.3) is 0 Å². The number of carbonyl (C=O) groups excluding carboxylic acids is 1. The molecule has 1 unspecified atom stereocenters. The standard InChI is InChI=1S/C17H24N2O4S/c1-3-9-19(11-14-4-6-16(23-2)7-5-14)12-17(20)18-15-8-10-24(21,22)13-15/h3-7,15H,1,8-13H2,2H3,(H,18,20). The molecule has 1 aromatic carbocycles. The third-order valence-corrected chi connectivity index (χ3v) is 5.69. The summed E-state index contributed by atoms with van der Waals surface area (Å²) >= 11 is 0. The van der Waals surface area contributed by atoms with Crippen molar-refractivity contribution in [3.05, 3.63) is 42.5 Å². The van der Waals surface area contributed by atoms with Crippen molar-refractivity contribution < 1.29 is 17.9 Å². The molecule has 1 heterocycles. The molecular formula is C17H24N2O4S. The van der Waals surface area contributed by atoms with Gasteiger partial charge in [-0.05, 0) is 24.1 Å². The lowest BCUT2D eigenvalue weighted by Crippen LogP contribution is -2.42. The number of sulfone groups is 1. The average molecular weight is 352 g/mol. The lowest BCUT2D eigenvalue weighted by Gasteiger charge is -2.21. The largest absolute Gasteiger partial charge is 0.497 e. The summed E-state index contributed by atoms with van der Waals surface area (Å²) in [5.74, 6) is 0.820. The van der Waals surface area contributed by atoms with Gasteiger partial charge in [-0.15, -0.1) is 6.58 Å². The van der Waals surface area contributed by atoms with Crippen LogP contribution in [0.2, 0.25) is 0 Å². The Kier molecular flexibility index (Phi) is 6.39. The van der Waals surface area contributed by atoms with E-state index >= 15 is 0 Å². The fraction of sp³-hybridized carbons (Fsp3) is 0.471. The van der Waals surface area contributed by atoms with Crippen LogP contribution in [0.1, 0.15) is 12.0 Å². The van der Waals surface area contributed by atoms with Crippen LogP contribution >= 0.6 is 0 Å². The second-order valence-electron chi connectivity index (χ2n) is 5.97. The van der Waals surface area contributed by atoms with Gasteiger partial charge in [0.1, 0.15) is 5.75 Å². The maximum Gasteiger partial charge on any atom is 0.234 e. The van der Waals surface area contributed by atoms with Crippen LogP contribution in [0.15, 0.2) is 36.9 Å². The monoisotopic (exact) mass is 352 g/mol. The zero-order chi connectivity index (χ0) is 17.6. The van der Waals surface area contributed by atoms with Crippen molar-refractivity contribution in [2.24, 2.45) is 0 Å². The van der Waals surface area contributed by atoms with E-state index < -0.39 is 9.84 Å². The maximum absolute atomic E-state index is 12.2. The highest BCUT2D eigenvalue weighted by Gasteiger charge is 2.29. The molecule has 0 bridgehead atoms. The predicted octanol–water partition coefficient (Wildman–Crippen LogP) is 0.987. The Morgan fingerprint density at radius 3 is 2.67 bits per heavy atom. The van der Waals surface area contributed by atoms with Gasteiger partial charge >= 0.3 is 0 Å². The summed E-state index contributed by atoms with van der Waals surface area (Å²) in [6.45, 7) is 5.10. The average Bonchev–Trinajstić information content (AvgIpc) is 2.87. The molecule has 24 heavy (non-hydrogen) atoms. The van der Waals surface area contributed by atoms with Gasteiger partial charge in [-0.25, -0.2) is 8.42 Å². The molecule has 1 N–H and O–H groups in total. The topological polar surface area (TPSA) is 75.7 Å². The fourth-order valence-corrected chi connectivity index (χ4v) is 4.42. The van der Waals surface area contributed by atoms with Crippen LogP contribution in [-0.4, -0.2) is 57.0 Å².